The summed E-state index contributed by atoms with van der Waals surface area (Å²) in [4.78, 5) is 0. The van der Waals surface area contributed by atoms with E-state index >= 15 is 0 Å². The van der Waals surface area contributed by atoms with Crippen LogP contribution in [0, 0.1) is 11.8 Å². The van der Waals surface area contributed by atoms with Crippen LogP contribution in [0.25, 0.3) is 17.2 Å². The van der Waals surface area contributed by atoms with Crippen molar-refractivity contribution >= 4 is 6.08 Å². The zero-order chi connectivity index (χ0) is 12.1. The molecule has 0 fully saturated rings. The minimum atomic E-state index is 1.05. The molecule has 0 atom stereocenters. The van der Waals surface area contributed by atoms with Gasteiger partial charge < -0.3 is 0 Å². The fraction of sp³-hybridized carbons (Fsp3) is 0.0588. The molecule has 2 aromatic rings. The van der Waals surface area contributed by atoms with Gasteiger partial charge >= 0.3 is 0 Å². The van der Waals surface area contributed by atoms with Crippen molar-refractivity contribution in [3.63, 3.8) is 0 Å². The van der Waals surface area contributed by atoms with Crippen molar-refractivity contribution in [3.05, 3.63) is 66.2 Å². The molecule has 0 aliphatic carbocycles. The molecule has 0 unspecified atom stereocenters. The second-order valence-electron chi connectivity index (χ2n) is 3.78. The van der Waals surface area contributed by atoms with Gasteiger partial charge in [-0.15, -0.1) is 5.92 Å². The molecule has 0 amide bonds. The molecular weight excluding hydrogens is 204 g/mol. The Morgan fingerprint density at radius 3 is 1.88 bits per heavy atom. The van der Waals surface area contributed by atoms with Gasteiger partial charge in [-0.25, -0.2) is 0 Å². The smallest absolute Gasteiger partial charge is 0.0245 e. The van der Waals surface area contributed by atoms with Gasteiger partial charge in [0.1, 0.15) is 0 Å². The Hall–Kier alpha value is -2.26. The molecule has 0 bridgehead atoms. The molecule has 2 rings (SSSR count). The largest absolute Gasteiger partial charge is 0.101 e. The van der Waals surface area contributed by atoms with Gasteiger partial charge in [-0.2, -0.15) is 0 Å². The SMILES string of the molecule is C=Cc1ccc(-c2ccc(C#CC)cc2)cc1. The first-order valence-electron chi connectivity index (χ1n) is 5.59. The second-order valence-corrected chi connectivity index (χ2v) is 3.78. The molecule has 82 valence electrons. The summed E-state index contributed by atoms with van der Waals surface area (Å²) < 4.78 is 0. The van der Waals surface area contributed by atoms with Crippen LogP contribution in [-0.4, -0.2) is 0 Å². The van der Waals surface area contributed by atoms with Gasteiger partial charge in [0.15, 0.2) is 0 Å². The minimum Gasteiger partial charge on any atom is -0.101 e. The Labute approximate surface area is 103 Å². The highest BCUT2D eigenvalue weighted by Crippen LogP contribution is 2.20. The Balaban J connectivity index is 2.31. The number of rotatable bonds is 2. The van der Waals surface area contributed by atoms with E-state index in [9.17, 15) is 0 Å². The minimum absolute atomic E-state index is 1.05. The lowest BCUT2D eigenvalue weighted by atomic mass is 10.0. The van der Waals surface area contributed by atoms with Gasteiger partial charge in [-0.05, 0) is 35.7 Å². The van der Waals surface area contributed by atoms with Crippen LogP contribution in [0.5, 0.6) is 0 Å². The maximum Gasteiger partial charge on any atom is 0.0245 e. The van der Waals surface area contributed by atoms with Crippen molar-refractivity contribution < 1.29 is 0 Å². The second kappa shape index (κ2) is 5.18. The number of hydrogen-bond donors (Lipinski definition) is 0. The Morgan fingerprint density at radius 1 is 0.882 bits per heavy atom. The molecule has 0 N–H and O–H groups in total. The van der Waals surface area contributed by atoms with Crippen LogP contribution >= 0.6 is 0 Å². The summed E-state index contributed by atoms with van der Waals surface area (Å²) in [5.41, 5.74) is 4.62. The van der Waals surface area contributed by atoms with E-state index in [4.69, 9.17) is 0 Å². The van der Waals surface area contributed by atoms with Crippen molar-refractivity contribution in [2.24, 2.45) is 0 Å². The lowest BCUT2D eigenvalue weighted by molar-refractivity contribution is 1.58. The molecule has 0 nitrogen and oxygen atoms in total. The average Bonchev–Trinajstić information content (AvgIpc) is 2.40. The van der Waals surface area contributed by atoms with Crippen molar-refractivity contribution in [2.45, 2.75) is 6.92 Å². The lowest BCUT2D eigenvalue weighted by Crippen LogP contribution is -1.79. The lowest BCUT2D eigenvalue weighted by Gasteiger charge is -2.02. The van der Waals surface area contributed by atoms with Crippen molar-refractivity contribution in [2.75, 3.05) is 0 Å². The highest BCUT2D eigenvalue weighted by atomic mass is 14.0. The van der Waals surface area contributed by atoms with Crippen molar-refractivity contribution in [3.8, 4) is 23.0 Å². The number of hydrogen-bond acceptors (Lipinski definition) is 0. The summed E-state index contributed by atoms with van der Waals surface area (Å²) in [5.74, 6) is 5.94. The van der Waals surface area contributed by atoms with Gasteiger partial charge in [-0.3, -0.25) is 0 Å². The van der Waals surface area contributed by atoms with Crippen LogP contribution in [0.15, 0.2) is 55.1 Å². The molecule has 0 radical (unpaired) electrons. The van der Waals surface area contributed by atoms with Crippen LogP contribution in [0.4, 0.5) is 0 Å². The summed E-state index contributed by atoms with van der Waals surface area (Å²) in [6, 6.07) is 16.7. The quantitative estimate of drug-likeness (QED) is 0.657. The zero-order valence-corrected chi connectivity index (χ0v) is 9.90. The third-order valence-electron chi connectivity index (χ3n) is 2.63. The van der Waals surface area contributed by atoms with E-state index in [0.29, 0.717) is 0 Å². The van der Waals surface area contributed by atoms with E-state index in [-0.39, 0.29) is 0 Å². The molecule has 0 aliphatic heterocycles. The molecular formula is C17H14. The first-order chi connectivity index (χ1) is 8.33. The molecule has 0 aliphatic rings. The Kier molecular flexibility index (Phi) is 3.43. The number of benzene rings is 2. The summed E-state index contributed by atoms with van der Waals surface area (Å²) in [5, 5.41) is 0. The van der Waals surface area contributed by atoms with E-state index in [1.807, 2.05) is 25.1 Å². The van der Waals surface area contributed by atoms with Gasteiger partial charge in [-0.1, -0.05) is 55.0 Å². The van der Waals surface area contributed by atoms with E-state index in [1.165, 1.54) is 11.1 Å². The van der Waals surface area contributed by atoms with Crippen molar-refractivity contribution in [1.29, 1.82) is 0 Å². The normalized spacial score (nSPS) is 9.24. The topological polar surface area (TPSA) is 0 Å². The maximum absolute atomic E-state index is 3.75. The molecule has 2 aromatic carbocycles. The van der Waals surface area contributed by atoms with E-state index in [0.717, 1.165) is 11.1 Å². The monoisotopic (exact) mass is 218 g/mol. The van der Waals surface area contributed by atoms with E-state index in [2.05, 4.69) is 54.8 Å². The average molecular weight is 218 g/mol. The van der Waals surface area contributed by atoms with Crippen LogP contribution in [0.2, 0.25) is 0 Å². The highest BCUT2D eigenvalue weighted by Gasteiger charge is 1.96. The molecule has 17 heavy (non-hydrogen) atoms. The fourth-order valence-electron chi connectivity index (χ4n) is 1.70. The third-order valence-corrected chi connectivity index (χ3v) is 2.63. The standard InChI is InChI=1S/C17H14/c1-3-5-15-8-12-17(13-9-15)16-10-6-14(4-2)7-11-16/h4,6-13H,2H2,1H3. The first kappa shape index (κ1) is 11.2. The summed E-state index contributed by atoms with van der Waals surface area (Å²) in [6.07, 6.45) is 1.85. The van der Waals surface area contributed by atoms with Crippen LogP contribution in [0.3, 0.4) is 0 Å². The van der Waals surface area contributed by atoms with E-state index < -0.39 is 0 Å². The molecule has 0 saturated carbocycles. The molecule has 0 saturated heterocycles. The first-order valence-corrected chi connectivity index (χ1v) is 5.59. The van der Waals surface area contributed by atoms with Gasteiger partial charge in [0.2, 0.25) is 0 Å². The summed E-state index contributed by atoms with van der Waals surface area (Å²) in [7, 11) is 0. The van der Waals surface area contributed by atoms with Crippen LogP contribution < -0.4 is 0 Å². The van der Waals surface area contributed by atoms with Gasteiger partial charge in [0.05, 0.1) is 0 Å². The summed E-state index contributed by atoms with van der Waals surface area (Å²) in [6.45, 7) is 5.60. The zero-order valence-electron chi connectivity index (χ0n) is 9.90. The summed E-state index contributed by atoms with van der Waals surface area (Å²) >= 11 is 0. The predicted molar refractivity (Wildman–Crippen MR) is 74.5 cm³/mol. The third kappa shape index (κ3) is 2.65. The molecule has 0 heteroatoms. The van der Waals surface area contributed by atoms with Crippen molar-refractivity contribution in [1.82, 2.24) is 0 Å². The Morgan fingerprint density at radius 2 is 1.41 bits per heavy atom. The molecule has 0 heterocycles. The maximum atomic E-state index is 3.75. The fourth-order valence-corrected chi connectivity index (χ4v) is 1.70. The van der Waals surface area contributed by atoms with E-state index in [1.54, 1.807) is 0 Å². The van der Waals surface area contributed by atoms with Gasteiger partial charge in [0.25, 0.3) is 0 Å². The molecule has 0 aromatic heterocycles. The highest BCUT2D eigenvalue weighted by molar-refractivity contribution is 5.66. The van der Waals surface area contributed by atoms with Crippen LogP contribution in [0.1, 0.15) is 18.1 Å². The van der Waals surface area contributed by atoms with Gasteiger partial charge in [0, 0.05) is 5.56 Å². The molecule has 0 spiro atoms. The van der Waals surface area contributed by atoms with Crippen LogP contribution in [-0.2, 0) is 0 Å². The predicted octanol–water partition coefficient (Wildman–Crippen LogP) is 4.37. The Bertz CT molecular complexity index is 560.